The summed E-state index contributed by atoms with van der Waals surface area (Å²) in [4.78, 5) is 14.3. The molecule has 1 N–H and O–H groups in total. The molecule has 110 valence electrons. The van der Waals surface area contributed by atoms with E-state index < -0.39 is 0 Å². The lowest BCUT2D eigenvalue weighted by atomic mass is 10.0. The molecule has 3 nitrogen and oxygen atoms in total. The second-order valence-electron chi connectivity index (χ2n) is 5.91. The topological polar surface area (TPSA) is 32.3 Å². The van der Waals surface area contributed by atoms with Crippen LogP contribution in [0.5, 0.6) is 0 Å². The molecule has 0 aliphatic carbocycles. The van der Waals surface area contributed by atoms with Gasteiger partial charge in [-0.3, -0.25) is 4.79 Å². The average Bonchev–Trinajstić information content (AvgIpc) is 2.44. The van der Waals surface area contributed by atoms with Crippen LogP contribution in [0.2, 0.25) is 0 Å². The number of carbonyl (C=O) groups is 1. The third-order valence-electron chi connectivity index (χ3n) is 4.00. The van der Waals surface area contributed by atoms with Crippen molar-refractivity contribution < 1.29 is 4.79 Å². The van der Waals surface area contributed by atoms with E-state index in [1.54, 1.807) is 0 Å². The number of benzene rings is 1. The first-order valence-corrected chi connectivity index (χ1v) is 7.72. The second-order valence-corrected chi connectivity index (χ2v) is 5.91. The van der Waals surface area contributed by atoms with Gasteiger partial charge in [0.2, 0.25) is 5.91 Å². The molecule has 0 aromatic heterocycles. The van der Waals surface area contributed by atoms with Gasteiger partial charge in [0, 0.05) is 13.1 Å². The predicted octanol–water partition coefficient (Wildman–Crippen LogP) is 2.91. The normalized spacial score (nSPS) is 19.7. The summed E-state index contributed by atoms with van der Waals surface area (Å²) in [6, 6.07) is 8.68. The van der Waals surface area contributed by atoms with Crippen LogP contribution in [0, 0.1) is 0 Å². The fraction of sp³-hybridized carbons (Fsp3) is 0.588. The van der Waals surface area contributed by atoms with Gasteiger partial charge in [-0.1, -0.05) is 45.0 Å². The Labute approximate surface area is 122 Å². The van der Waals surface area contributed by atoms with Gasteiger partial charge in [0.1, 0.15) is 0 Å². The molecule has 20 heavy (non-hydrogen) atoms. The molecule has 1 aliphatic heterocycles. The molecule has 1 aliphatic rings. The molecule has 0 bridgehead atoms. The van der Waals surface area contributed by atoms with Gasteiger partial charge in [-0.05, 0) is 36.4 Å². The Morgan fingerprint density at radius 3 is 2.60 bits per heavy atom. The van der Waals surface area contributed by atoms with Crippen molar-refractivity contribution in [2.24, 2.45) is 0 Å². The highest BCUT2D eigenvalue weighted by molar-refractivity contribution is 5.82. The van der Waals surface area contributed by atoms with E-state index in [1.807, 2.05) is 4.90 Å². The number of carbonyl (C=O) groups excluding carboxylic acids is 1. The van der Waals surface area contributed by atoms with Crippen LogP contribution in [0.1, 0.15) is 50.7 Å². The summed E-state index contributed by atoms with van der Waals surface area (Å²) >= 11 is 0. The molecule has 1 unspecified atom stereocenters. The zero-order valence-corrected chi connectivity index (χ0v) is 12.9. The summed E-state index contributed by atoms with van der Waals surface area (Å²) in [5.74, 6) is 0.810. The van der Waals surface area contributed by atoms with Gasteiger partial charge >= 0.3 is 0 Å². The summed E-state index contributed by atoms with van der Waals surface area (Å²) in [7, 11) is 0. The molecule has 0 radical (unpaired) electrons. The highest BCUT2D eigenvalue weighted by Crippen LogP contribution is 2.18. The standard InChI is InChI=1S/C17H26N2O/c1-4-18-16-6-5-11-19(17(16)20)12-14-7-9-15(10-8-14)13(2)3/h7-10,13,16,18H,4-6,11-12H2,1-3H3. The average molecular weight is 274 g/mol. The van der Waals surface area contributed by atoms with Crippen molar-refractivity contribution in [3.63, 3.8) is 0 Å². The molecule has 1 atom stereocenters. The second kappa shape index (κ2) is 6.89. The summed E-state index contributed by atoms with van der Waals surface area (Å²) in [6.07, 6.45) is 2.06. The van der Waals surface area contributed by atoms with Gasteiger partial charge in [-0.15, -0.1) is 0 Å². The zero-order valence-electron chi connectivity index (χ0n) is 12.9. The van der Waals surface area contributed by atoms with E-state index in [0.29, 0.717) is 5.92 Å². The first kappa shape index (κ1) is 15.0. The summed E-state index contributed by atoms with van der Waals surface area (Å²) < 4.78 is 0. The van der Waals surface area contributed by atoms with Crippen molar-refractivity contribution in [3.8, 4) is 0 Å². The predicted molar refractivity (Wildman–Crippen MR) is 82.6 cm³/mol. The molecule has 2 rings (SSSR count). The van der Waals surface area contributed by atoms with Crippen molar-refractivity contribution >= 4 is 5.91 Å². The van der Waals surface area contributed by atoms with Crippen LogP contribution in [0.3, 0.4) is 0 Å². The summed E-state index contributed by atoms with van der Waals surface area (Å²) in [5, 5.41) is 3.28. The van der Waals surface area contributed by atoms with Crippen molar-refractivity contribution in [2.45, 2.75) is 52.1 Å². The Hall–Kier alpha value is -1.35. The van der Waals surface area contributed by atoms with Gasteiger partial charge < -0.3 is 10.2 Å². The van der Waals surface area contributed by atoms with E-state index in [0.717, 1.165) is 32.5 Å². The molecule has 1 heterocycles. The van der Waals surface area contributed by atoms with Gasteiger partial charge in [-0.25, -0.2) is 0 Å². The molecule has 0 saturated carbocycles. The van der Waals surface area contributed by atoms with Crippen LogP contribution < -0.4 is 5.32 Å². The molecule has 1 fully saturated rings. The Morgan fingerprint density at radius 2 is 2.00 bits per heavy atom. The molecule has 1 saturated heterocycles. The quantitative estimate of drug-likeness (QED) is 0.895. The van der Waals surface area contributed by atoms with Crippen LogP contribution >= 0.6 is 0 Å². The number of nitrogens with zero attached hydrogens (tertiary/aromatic N) is 1. The number of piperidine rings is 1. The maximum absolute atomic E-state index is 12.4. The lowest BCUT2D eigenvalue weighted by molar-refractivity contribution is -0.136. The number of hydrogen-bond donors (Lipinski definition) is 1. The minimum absolute atomic E-state index is 0.0173. The summed E-state index contributed by atoms with van der Waals surface area (Å²) in [6.45, 7) is 8.92. The van der Waals surface area contributed by atoms with E-state index in [4.69, 9.17) is 0 Å². The van der Waals surface area contributed by atoms with E-state index in [-0.39, 0.29) is 11.9 Å². The number of nitrogens with one attached hydrogen (secondary N) is 1. The molecule has 1 aromatic rings. The Bertz CT molecular complexity index is 437. The lowest BCUT2D eigenvalue weighted by Gasteiger charge is -2.32. The van der Waals surface area contributed by atoms with Crippen molar-refractivity contribution in [3.05, 3.63) is 35.4 Å². The Morgan fingerprint density at radius 1 is 1.30 bits per heavy atom. The minimum Gasteiger partial charge on any atom is -0.337 e. The third-order valence-corrected chi connectivity index (χ3v) is 4.00. The fourth-order valence-electron chi connectivity index (χ4n) is 2.76. The maximum atomic E-state index is 12.4. The maximum Gasteiger partial charge on any atom is 0.240 e. The Balaban J connectivity index is 1.99. The monoisotopic (exact) mass is 274 g/mol. The van der Waals surface area contributed by atoms with E-state index >= 15 is 0 Å². The van der Waals surface area contributed by atoms with Crippen LogP contribution in [-0.4, -0.2) is 29.9 Å². The van der Waals surface area contributed by atoms with Crippen molar-refractivity contribution in [1.82, 2.24) is 10.2 Å². The molecule has 0 spiro atoms. The van der Waals surface area contributed by atoms with E-state index in [9.17, 15) is 4.79 Å². The first-order valence-electron chi connectivity index (χ1n) is 7.72. The highest BCUT2D eigenvalue weighted by Gasteiger charge is 2.27. The molecule has 1 aromatic carbocycles. The van der Waals surface area contributed by atoms with Gasteiger partial charge in [-0.2, -0.15) is 0 Å². The third kappa shape index (κ3) is 3.60. The number of rotatable bonds is 5. The molecule has 3 heteroatoms. The Kier molecular flexibility index (Phi) is 5.18. The van der Waals surface area contributed by atoms with Crippen LogP contribution in [0.25, 0.3) is 0 Å². The van der Waals surface area contributed by atoms with E-state index in [1.165, 1.54) is 11.1 Å². The van der Waals surface area contributed by atoms with Crippen molar-refractivity contribution in [2.75, 3.05) is 13.1 Å². The molecular weight excluding hydrogens is 248 g/mol. The summed E-state index contributed by atoms with van der Waals surface area (Å²) in [5.41, 5.74) is 2.57. The largest absolute Gasteiger partial charge is 0.337 e. The van der Waals surface area contributed by atoms with Crippen LogP contribution in [0.4, 0.5) is 0 Å². The fourth-order valence-corrected chi connectivity index (χ4v) is 2.76. The smallest absolute Gasteiger partial charge is 0.240 e. The zero-order chi connectivity index (χ0) is 14.5. The molecular formula is C17H26N2O. The lowest BCUT2D eigenvalue weighted by Crippen LogP contribution is -2.50. The first-order chi connectivity index (χ1) is 9.61. The number of likely N-dealkylation sites (tertiary alicyclic amines) is 1. The van der Waals surface area contributed by atoms with Gasteiger partial charge in [0.05, 0.1) is 6.04 Å². The van der Waals surface area contributed by atoms with Crippen LogP contribution in [0.15, 0.2) is 24.3 Å². The minimum atomic E-state index is 0.0173. The van der Waals surface area contributed by atoms with Crippen LogP contribution in [-0.2, 0) is 11.3 Å². The van der Waals surface area contributed by atoms with Gasteiger partial charge in [0.25, 0.3) is 0 Å². The highest BCUT2D eigenvalue weighted by atomic mass is 16.2. The SMILES string of the molecule is CCNC1CCCN(Cc2ccc(C(C)C)cc2)C1=O. The number of likely N-dealkylation sites (N-methyl/N-ethyl adjacent to an activating group) is 1. The number of amides is 1. The number of hydrogen-bond acceptors (Lipinski definition) is 2. The van der Waals surface area contributed by atoms with Gasteiger partial charge in [0.15, 0.2) is 0 Å². The van der Waals surface area contributed by atoms with E-state index in [2.05, 4.69) is 50.4 Å². The molecule has 1 amide bonds. The van der Waals surface area contributed by atoms with Crippen molar-refractivity contribution in [1.29, 1.82) is 0 Å².